The van der Waals surface area contributed by atoms with Crippen LogP contribution < -0.4 is 0 Å². The summed E-state index contributed by atoms with van der Waals surface area (Å²) in [5, 5.41) is -0.229. The van der Waals surface area contributed by atoms with E-state index < -0.39 is 0 Å². The molecular weight excluding hydrogens is 384 g/mol. The lowest BCUT2D eigenvalue weighted by molar-refractivity contribution is -0.123. The summed E-state index contributed by atoms with van der Waals surface area (Å²) in [6.45, 7) is 6.96. The van der Waals surface area contributed by atoms with Gasteiger partial charge in [-0.2, -0.15) is 0 Å². The van der Waals surface area contributed by atoms with Gasteiger partial charge in [-0.1, -0.05) is 29.8 Å². The molecule has 3 heterocycles. The van der Waals surface area contributed by atoms with Gasteiger partial charge < -0.3 is 8.98 Å². The van der Waals surface area contributed by atoms with E-state index in [4.69, 9.17) is 4.42 Å². The maximum Gasteiger partial charge on any atom is 0.293 e. The monoisotopic (exact) mass is 406 g/mol. The van der Waals surface area contributed by atoms with Crippen molar-refractivity contribution in [1.29, 1.82) is 0 Å². The minimum absolute atomic E-state index is 0.229. The molecule has 1 aromatic carbocycles. The number of rotatable bonds is 5. The van der Waals surface area contributed by atoms with E-state index in [0.717, 1.165) is 45.6 Å². The topological polar surface area (TPSA) is 55.5 Å². The first kappa shape index (κ1) is 19.3. The molecule has 1 fully saturated rings. The Balaban J connectivity index is 1.57. The first-order chi connectivity index (χ1) is 13.9. The zero-order valence-electron chi connectivity index (χ0n) is 16.6. The number of hydrogen-bond acceptors (Lipinski definition) is 4. The number of amides is 2. The number of thioether (sulfide) groups is 1. The van der Waals surface area contributed by atoms with Gasteiger partial charge in [0.2, 0.25) is 0 Å². The molecule has 6 heteroatoms. The fourth-order valence-corrected chi connectivity index (χ4v) is 4.38. The number of furan rings is 1. The summed E-state index contributed by atoms with van der Waals surface area (Å²) in [5.41, 5.74) is 5.10. The Kier molecular flexibility index (Phi) is 5.20. The maximum atomic E-state index is 12.9. The van der Waals surface area contributed by atoms with Crippen molar-refractivity contribution >= 4 is 29.0 Å². The van der Waals surface area contributed by atoms with Crippen LogP contribution in [0.5, 0.6) is 0 Å². The Morgan fingerprint density at radius 2 is 1.86 bits per heavy atom. The van der Waals surface area contributed by atoms with Gasteiger partial charge in [0.15, 0.2) is 0 Å². The molecule has 0 atom stereocenters. The lowest BCUT2D eigenvalue weighted by atomic mass is 10.1. The number of hydrogen-bond donors (Lipinski definition) is 0. The van der Waals surface area contributed by atoms with E-state index in [1.54, 1.807) is 6.26 Å². The largest absolute Gasteiger partial charge is 0.467 e. The van der Waals surface area contributed by atoms with E-state index in [1.165, 1.54) is 4.90 Å². The van der Waals surface area contributed by atoms with Gasteiger partial charge in [0.25, 0.3) is 11.1 Å². The van der Waals surface area contributed by atoms with Crippen LogP contribution in [-0.2, 0) is 17.9 Å². The number of nitrogens with zero attached hydrogens (tertiary/aromatic N) is 2. The van der Waals surface area contributed by atoms with Crippen LogP contribution in [-0.4, -0.2) is 20.6 Å². The van der Waals surface area contributed by atoms with Crippen molar-refractivity contribution in [3.05, 3.63) is 87.5 Å². The van der Waals surface area contributed by atoms with Crippen LogP contribution >= 0.6 is 11.8 Å². The quantitative estimate of drug-likeness (QED) is 0.540. The Hall–Kier alpha value is -2.99. The molecule has 29 heavy (non-hydrogen) atoms. The molecule has 0 saturated carbocycles. The summed E-state index contributed by atoms with van der Waals surface area (Å²) in [5.74, 6) is 0.633. The van der Waals surface area contributed by atoms with Gasteiger partial charge in [0, 0.05) is 11.4 Å². The minimum Gasteiger partial charge on any atom is -0.467 e. The van der Waals surface area contributed by atoms with Crippen LogP contribution in [0, 0.1) is 20.8 Å². The first-order valence-corrected chi connectivity index (χ1v) is 10.2. The fraction of sp³-hybridized carbons (Fsp3) is 0.217. The molecular formula is C23H22N2O3S. The van der Waals surface area contributed by atoms with E-state index in [2.05, 4.69) is 4.57 Å². The highest BCUT2D eigenvalue weighted by Crippen LogP contribution is 2.34. The molecule has 0 N–H and O–H groups in total. The predicted octanol–water partition coefficient (Wildman–Crippen LogP) is 5.29. The molecule has 4 rings (SSSR count). The molecule has 1 aliphatic rings. The van der Waals surface area contributed by atoms with E-state index in [9.17, 15) is 9.59 Å². The van der Waals surface area contributed by atoms with E-state index in [0.29, 0.717) is 18.0 Å². The van der Waals surface area contributed by atoms with Gasteiger partial charge in [-0.25, -0.2) is 0 Å². The highest BCUT2D eigenvalue weighted by Gasteiger charge is 2.35. The zero-order chi connectivity index (χ0) is 20.5. The summed E-state index contributed by atoms with van der Waals surface area (Å²) in [6.07, 6.45) is 3.48. The number of benzene rings is 1. The standard InChI is InChI=1S/C23H22N2O3S/c1-15-6-4-7-18(10-15)13-25-22(26)21(29-23(25)27)12-19-11-16(2)24(17(19)3)14-20-8-5-9-28-20/h4-12H,13-14H2,1-3H3/b21-12-. The summed E-state index contributed by atoms with van der Waals surface area (Å²) in [7, 11) is 0. The highest BCUT2D eigenvalue weighted by atomic mass is 32.2. The van der Waals surface area contributed by atoms with Crippen molar-refractivity contribution in [2.75, 3.05) is 0 Å². The van der Waals surface area contributed by atoms with Crippen molar-refractivity contribution in [2.24, 2.45) is 0 Å². The second-order valence-electron chi connectivity index (χ2n) is 7.25. The minimum atomic E-state index is -0.239. The van der Waals surface area contributed by atoms with Crippen molar-refractivity contribution in [1.82, 2.24) is 9.47 Å². The van der Waals surface area contributed by atoms with E-state index >= 15 is 0 Å². The molecule has 0 spiro atoms. The smallest absolute Gasteiger partial charge is 0.293 e. The van der Waals surface area contributed by atoms with Crippen LogP contribution in [0.3, 0.4) is 0 Å². The third-order valence-electron chi connectivity index (χ3n) is 5.09. The lowest BCUT2D eigenvalue weighted by Gasteiger charge is -2.12. The van der Waals surface area contributed by atoms with Crippen LogP contribution in [0.2, 0.25) is 0 Å². The number of carbonyl (C=O) groups excluding carboxylic acids is 2. The molecule has 2 amide bonds. The third kappa shape index (κ3) is 3.93. The van der Waals surface area contributed by atoms with Crippen molar-refractivity contribution in [3.8, 4) is 0 Å². The summed E-state index contributed by atoms with van der Waals surface area (Å²) in [6, 6.07) is 13.7. The molecule has 0 unspecified atom stereocenters. The normalized spacial score (nSPS) is 15.7. The van der Waals surface area contributed by atoms with Crippen molar-refractivity contribution in [2.45, 2.75) is 33.9 Å². The van der Waals surface area contributed by atoms with Gasteiger partial charge in [-0.05, 0) is 67.9 Å². The first-order valence-electron chi connectivity index (χ1n) is 9.42. The Bertz CT molecular complexity index is 1110. The second-order valence-corrected chi connectivity index (χ2v) is 8.24. The number of imide groups is 1. The van der Waals surface area contributed by atoms with Crippen LogP contribution in [0.4, 0.5) is 4.79 Å². The van der Waals surface area contributed by atoms with Crippen molar-refractivity contribution in [3.63, 3.8) is 0 Å². The highest BCUT2D eigenvalue weighted by molar-refractivity contribution is 8.18. The Morgan fingerprint density at radius 1 is 1.03 bits per heavy atom. The Morgan fingerprint density at radius 3 is 2.59 bits per heavy atom. The number of aromatic nitrogens is 1. The van der Waals surface area contributed by atoms with Crippen molar-refractivity contribution < 1.29 is 14.0 Å². The summed E-state index contributed by atoms with van der Waals surface area (Å²) >= 11 is 1.00. The molecule has 1 aliphatic heterocycles. The van der Waals surface area contributed by atoms with Crippen LogP contribution in [0.15, 0.2) is 58.1 Å². The maximum absolute atomic E-state index is 12.9. The summed E-state index contributed by atoms with van der Waals surface area (Å²) in [4.78, 5) is 27.1. The molecule has 0 bridgehead atoms. The van der Waals surface area contributed by atoms with Crippen LogP contribution in [0.25, 0.3) is 6.08 Å². The second kappa shape index (κ2) is 7.79. The van der Waals surface area contributed by atoms with E-state index in [-0.39, 0.29) is 11.1 Å². The molecule has 2 aromatic heterocycles. The molecule has 148 valence electrons. The molecule has 0 aliphatic carbocycles. The lowest BCUT2D eigenvalue weighted by Crippen LogP contribution is -2.27. The number of aryl methyl sites for hydroxylation is 2. The molecule has 5 nitrogen and oxygen atoms in total. The third-order valence-corrected chi connectivity index (χ3v) is 6.00. The fourth-order valence-electron chi connectivity index (χ4n) is 3.55. The van der Waals surface area contributed by atoms with E-state index in [1.807, 2.05) is 69.3 Å². The van der Waals surface area contributed by atoms with Gasteiger partial charge in [0.05, 0.1) is 24.3 Å². The SMILES string of the molecule is Cc1cccc(CN2C(=O)S/C(=C\c3cc(C)n(Cc4ccco4)c3C)C2=O)c1. The van der Waals surface area contributed by atoms with Gasteiger partial charge in [0.1, 0.15) is 5.76 Å². The average molecular weight is 407 g/mol. The van der Waals surface area contributed by atoms with Crippen LogP contribution in [0.1, 0.15) is 33.8 Å². The number of carbonyl (C=O) groups is 2. The average Bonchev–Trinajstić information content (AvgIpc) is 3.35. The van der Waals surface area contributed by atoms with Gasteiger partial charge >= 0.3 is 0 Å². The van der Waals surface area contributed by atoms with Gasteiger partial charge in [-0.15, -0.1) is 0 Å². The Labute approximate surface area is 174 Å². The zero-order valence-corrected chi connectivity index (χ0v) is 17.5. The summed E-state index contributed by atoms with van der Waals surface area (Å²) < 4.78 is 7.59. The van der Waals surface area contributed by atoms with Gasteiger partial charge in [-0.3, -0.25) is 14.5 Å². The molecule has 0 radical (unpaired) electrons. The molecule has 1 saturated heterocycles. The molecule has 3 aromatic rings. The predicted molar refractivity (Wildman–Crippen MR) is 114 cm³/mol.